The first-order valence-electron chi connectivity index (χ1n) is 9.74. The number of hydrogen-bond donors (Lipinski definition) is 0. The van der Waals surface area contributed by atoms with Gasteiger partial charge < -0.3 is 4.90 Å². The summed E-state index contributed by atoms with van der Waals surface area (Å²) in [6, 6.07) is 24.6. The van der Waals surface area contributed by atoms with Crippen LogP contribution in [0, 0.1) is 0 Å². The molecule has 0 aromatic heterocycles. The number of hydrogen-bond acceptors (Lipinski definition) is 3. The molecule has 0 atom stereocenters. The molecule has 154 valence electrons. The highest BCUT2D eigenvalue weighted by atomic mass is 79.9. The maximum absolute atomic E-state index is 13.4. The molecule has 2 amide bonds. The van der Waals surface area contributed by atoms with Crippen LogP contribution in [-0.4, -0.2) is 24.7 Å². The van der Waals surface area contributed by atoms with Crippen molar-refractivity contribution < 1.29 is 9.59 Å². The van der Waals surface area contributed by atoms with Crippen molar-refractivity contribution in [3.8, 4) is 0 Å². The van der Waals surface area contributed by atoms with Crippen LogP contribution in [0.2, 0.25) is 0 Å². The van der Waals surface area contributed by atoms with Crippen molar-refractivity contribution in [2.75, 3.05) is 16.8 Å². The maximum atomic E-state index is 13.4. The zero-order valence-corrected chi connectivity index (χ0v) is 18.7. The lowest BCUT2D eigenvalue weighted by Crippen LogP contribution is -2.32. The fourth-order valence-electron chi connectivity index (χ4n) is 3.30. The molecule has 0 N–H and O–H groups in total. The van der Waals surface area contributed by atoms with Gasteiger partial charge in [-0.15, -0.1) is 0 Å². The van der Waals surface area contributed by atoms with Gasteiger partial charge in [0.25, 0.3) is 5.91 Å². The number of halogens is 1. The average molecular weight is 474 g/mol. The fourth-order valence-corrected chi connectivity index (χ4v) is 3.72. The predicted octanol–water partition coefficient (Wildman–Crippen LogP) is 5.27. The van der Waals surface area contributed by atoms with Gasteiger partial charge in [-0.05, 0) is 48.0 Å². The number of aliphatic imine (C=N–C) groups is 1. The lowest BCUT2D eigenvalue weighted by atomic mass is 10.1. The number of rotatable bonds is 4. The Morgan fingerprint density at radius 1 is 1.00 bits per heavy atom. The monoisotopic (exact) mass is 473 g/mol. The van der Waals surface area contributed by atoms with Crippen LogP contribution in [0.4, 0.5) is 11.4 Å². The van der Waals surface area contributed by atoms with Crippen LogP contribution < -0.4 is 9.80 Å². The van der Waals surface area contributed by atoms with Crippen molar-refractivity contribution in [2.45, 2.75) is 6.92 Å². The molecule has 3 aromatic carbocycles. The van der Waals surface area contributed by atoms with Gasteiger partial charge in [0, 0.05) is 29.7 Å². The standard InChI is InChI=1S/C25H20BrN3O2/c1-17(30)28(2)21-11-13-22(14-12-21)29-24(19-8-4-3-5-9-19)27-23(25(29)31)16-18-7-6-10-20(26)15-18/h3-16H,1-2H3/b23-16+. The Labute approximate surface area is 189 Å². The molecule has 0 fully saturated rings. The summed E-state index contributed by atoms with van der Waals surface area (Å²) in [5, 5.41) is 0. The molecule has 4 rings (SSSR count). The SMILES string of the molecule is CC(=O)N(C)c1ccc(N2C(=O)/C(=C\c3cccc(Br)c3)N=C2c2ccccc2)cc1. The van der Waals surface area contributed by atoms with Crippen LogP contribution >= 0.6 is 15.9 Å². The summed E-state index contributed by atoms with van der Waals surface area (Å²) in [6.07, 6.45) is 1.79. The van der Waals surface area contributed by atoms with E-state index in [1.165, 1.54) is 6.92 Å². The van der Waals surface area contributed by atoms with E-state index in [-0.39, 0.29) is 11.8 Å². The van der Waals surface area contributed by atoms with Gasteiger partial charge in [-0.25, -0.2) is 4.99 Å². The molecule has 0 unspecified atom stereocenters. The van der Waals surface area contributed by atoms with E-state index in [1.54, 1.807) is 22.9 Å². The van der Waals surface area contributed by atoms with Gasteiger partial charge in [0.15, 0.2) is 0 Å². The third-order valence-corrected chi connectivity index (χ3v) is 5.51. The predicted molar refractivity (Wildman–Crippen MR) is 128 cm³/mol. The smallest absolute Gasteiger partial charge is 0.282 e. The molecule has 0 radical (unpaired) electrons. The number of nitrogens with zero attached hydrogens (tertiary/aromatic N) is 3. The Bertz CT molecular complexity index is 1200. The molecular formula is C25H20BrN3O2. The van der Waals surface area contributed by atoms with E-state index >= 15 is 0 Å². The van der Waals surface area contributed by atoms with Gasteiger partial charge in [-0.3, -0.25) is 14.5 Å². The molecule has 0 spiro atoms. The number of carbonyl (C=O) groups is 2. The highest BCUT2D eigenvalue weighted by Crippen LogP contribution is 2.29. The Balaban J connectivity index is 1.76. The molecule has 0 bridgehead atoms. The lowest BCUT2D eigenvalue weighted by Gasteiger charge is -2.20. The Morgan fingerprint density at radius 2 is 1.71 bits per heavy atom. The molecule has 3 aromatic rings. The van der Waals surface area contributed by atoms with Crippen LogP contribution in [0.3, 0.4) is 0 Å². The summed E-state index contributed by atoms with van der Waals surface area (Å²) in [4.78, 5) is 32.9. The maximum Gasteiger partial charge on any atom is 0.282 e. The molecule has 1 aliphatic rings. The Kier molecular flexibility index (Phi) is 5.82. The molecule has 1 heterocycles. The van der Waals surface area contributed by atoms with Crippen molar-refractivity contribution in [2.24, 2.45) is 4.99 Å². The summed E-state index contributed by atoms with van der Waals surface area (Å²) >= 11 is 3.46. The summed E-state index contributed by atoms with van der Waals surface area (Å²) in [7, 11) is 1.72. The minimum atomic E-state index is -0.202. The van der Waals surface area contributed by atoms with E-state index < -0.39 is 0 Å². The normalized spacial score (nSPS) is 14.7. The largest absolute Gasteiger partial charge is 0.316 e. The topological polar surface area (TPSA) is 53.0 Å². The third kappa shape index (κ3) is 4.34. The minimum absolute atomic E-state index is 0.0595. The van der Waals surface area contributed by atoms with Crippen molar-refractivity contribution in [1.29, 1.82) is 0 Å². The van der Waals surface area contributed by atoms with Crippen LogP contribution in [0.5, 0.6) is 0 Å². The minimum Gasteiger partial charge on any atom is -0.316 e. The number of amides is 2. The van der Waals surface area contributed by atoms with E-state index in [1.807, 2.05) is 78.9 Å². The molecule has 5 nitrogen and oxygen atoms in total. The Morgan fingerprint density at radius 3 is 2.35 bits per heavy atom. The van der Waals surface area contributed by atoms with Gasteiger partial charge in [-0.2, -0.15) is 0 Å². The second-order valence-electron chi connectivity index (χ2n) is 7.12. The van der Waals surface area contributed by atoms with Gasteiger partial charge in [0.1, 0.15) is 11.5 Å². The number of benzene rings is 3. The second kappa shape index (κ2) is 8.70. The van der Waals surface area contributed by atoms with Gasteiger partial charge in [0.2, 0.25) is 5.91 Å². The second-order valence-corrected chi connectivity index (χ2v) is 8.04. The first-order chi connectivity index (χ1) is 14.9. The summed E-state index contributed by atoms with van der Waals surface area (Å²) in [5.74, 6) is 0.307. The zero-order valence-electron chi connectivity index (χ0n) is 17.1. The molecule has 1 aliphatic heterocycles. The highest BCUT2D eigenvalue weighted by molar-refractivity contribution is 9.10. The van der Waals surface area contributed by atoms with E-state index in [4.69, 9.17) is 0 Å². The summed E-state index contributed by atoms with van der Waals surface area (Å²) in [6.45, 7) is 1.51. The average Bonchev–Trinajstić information content (AvgIpc) is 3.10. The van der Waals surface area contributed by atoms with Gasteiger partial charge >= 0.3 is 0 Å². The van der Waals surface area contributed by atoms with Crippen molar-refractivity contribution >= 4 is 51.0 Å². The van der Waals surface area contributed by atoms with Gasteiger partial charge in [0.05, 0.1) is 5.69 Å². The molecule has 0 aliphatic carbocycles. The number of anilines is 2. The van der Waals surface area contributed by atoms with Crippen LogP contribution in [0.1, 0.15) is 18.1 Å². The van der Waals surface area contributed by atoms with Crippen LogP contribution in [0.15, 0.2) is 94.0 Å². The first-order valence-corrected chi connectivity index (χ1v) is 10.5. The fraction of sp³-hybridized carbons (Fsp3) is 0.0800. The van der Waals surface area contributed by atoms with Crippen molar-refractivity contribution in [3.63, 3.8) is 0 Å². The highest BCUT2D eigenvalue weighted by Gasteiger charge is 2.32. The molecule has 6 heteroatoms. The van der Waals surface area contributed by atoms with Gasteiger partial charge in [-0.1, -0.05) is 58.4 Å². The van der Waals surface area contributed by atoms with E-state index in [0.29, 0.717) is 17.2 Å². The zero-order chi connectivity index (χ0) is 22.0. The summed E-state index contributed by atoms with van der Waals surface area (Å²) < 4.78 is 0.932. The van der Waals surface area contributed by atoms with Crippen LogP contribution in [0.25, 0.3) is 6.08 Å². The number of amidine groups is 1. The van der Waals surface area contributed by atoms with Crippen molar-refractivity contribution in [3.05, 3.63) is 100 Å². The number of carbonyl (C=O) groups excluding carboxylic acids is 2. The lowest BCUT2D eigenvalue weighted by molar-refractivity contribution is -0.116. The van der Waals surface area contributed by atoms with E-state index in [0.717, 1.165) is 21.3 Å². The Hall–Kier alpha value is -3.51. The molecule has 0 saturated heterocycles. The van der Waals surface area contributed by atoms with Crippen LogP contribution in [-0.2, 0) is 9.59 Å². The first kappa shape index (κ1) is 20.8. The quantitative estimate of drug-likeness (QED) is 0.484. The van der Waals surface area contributed by atoms with E-state index in [2.05, 4.69) is 20.9 Å². The molecular weight excluding hydrogens is 454 g/mol. The molecule has 31 heavy (non-hydrogen) atoms. The van der Waals surface area contributed by atoms with E-state index in [9.17, 15) is 9.59 Å². The summed E-state index contributed by atoms with van der Waals surface area (Å²) in [5.41, 5.74) is 3.53. The van der Waals surface area contributed by atoms with Crippen molar-refractivity contribution in [1.82, 2.24) is 0 Å². The molecule has 0 saturated carbocycles. The third-order valence-electron chi connectivity index (χ3n) is 5.01.